The first-order valence-corrected chi connectivity index (χ1v) is 4.00. The van der Waals surface area contributed by atoms with Crippen molar-refractivity contribution in [1.82, 2.24) is 9.97 Å². The highest BCUT2D eigenvalue weighted by Gasteiger charge is 1.97. The molecule has 0 saturated carbocycles. The lowest BCUT2D eigenvalue weighted by molar-refractivity contribution is 0.901. The zero-order valence-corrected chi connectivity index (χ0v) is 7.50. The largest absolute Gasteiger partial charge is 0.384 e. The molecule has 0 amide bonds. The van der Waals surface area contributed by atoms with Crippen molar-refractivity contribution in [2.24, 2.45) is 5.73 Å². The molecule has 0 aliphatic rings. The average Bonchev–Trinajstić information content (AvgIpc) is 1.85. The van der Waals surface area contributed by atoms with Gasteiger partial charge in [0.25, 0.3) is 0 Å². The predicted octanol–water partition coefficient (Wildman–Crippen LogP) is 0.322. The molecule has 0 spiro atoms. The zero-order valence-electron chi connectivity index (χ0n) is 5.92. The Kier molecular flexibility index (Phi) is 2.78. The second kappa shape index (κ2) is 3.64. The molecule has 1 rings (SSSR count). The zero-order chi connectivity index (χ0) is 8.27. The molecule has 0 aliphatic carbocycles. The van der Waals surface area contributed by atoms with Gasteiger partial charge in [0.05, 0.1) is 0 Å². The van der Waals surface area contributed by atoms with Gasteiger partial charge in [-0.2, -0.15) is 0 Å². The first-order chi connectivity index (χ1) is 5.22. The number of hydrogen-bond donors (Lipinski definition) is 2. The highest BCUT2D eigenvalue weighted by molar-refractivity contribution is 9.10. The van der Waals surface area contributed by atoms with Crippen molar-refractivity contribution < 1.29 is 0 Å². The lowest BCUT2D eigenvalue weighted by atomic mass is 10.3. The monoisotopic (exact) mass is 216 g/mol. The third kappa shape index (κ3) is 2.44. The minimum Gasteiger partial charge on any atom is -0.384 e. The number of nitrogens with zero attached hydrogens (tertiary/aromatic N) is 2. The molecule has 60 valence electrons. The number of nitrogen functional groups attached to an aromatic ring is 1. The molecule has 0 unspecified atom stereocenters. The predicted molar refractivity (Wildman–Crippen MR) is 46.9 cm³/mol. The lowest BCUT2D eigenvalue weighted by Crippen LogP contribution is -2.06. The van der Waals surface area contributed by atoms with Crippen LogP contribution in [0.3, 0.4) is 0 Å². The third-order valence-corrected chi connectivity index (χ3v) is 1.53. The molecular weight excluding hydrogens is 208 g/mol. The molecule has 4 N–H and O–H groups in total. The molecule has 0 bridgehead atoms. The molecule has 1 aromatic rings. The fourth-order valence-corrected chi connectivity index (χ4v) is 1.19. The number of aromatic nitrogens is 2. The van der Waals surface area contributed by atoms with Gasteiger partial charge in [-0.3, -0.25) is 0 Å². The van der Waals surface area contributed by atoms with Crippen LogP contribution in [-0.2, 0) is 6.42 Å². The normalized spacial score (nSPS) is 10.0. The molecule has 5 heteroatoms. The Balaban J connectivity index is 2.89. The van der Waals surface area contributed by atoms with Gasteiger partial charge in [0, 0.05) is 18.2 Å². The SMILES string of the molecule is NCCc1cc(N)nc(Br)n1. The van der Waals surface area contributed by atoms with Crippen LogP contribution in [0, 0.1) is 0 Å². The Bertz CT molecular complexity index is 230. The van der Waals surface area contributed by atoms with Crippen molar-refractivity contribution in [2.75, 3.05) is 12.3 Å². The van der Waals surface area contributed by atoms with Crippen LogP contribution in [0.2, 0.25) is 0 Å². The summed E-state index contributed by atoms with van der Waals surface area (Å²) in [6.07, 6.45) is 0.728. The van der Waals surface area contributed by atoms with Crippen LogP contribution in [0.25, 0.3) is 0 Å². The minimum absolute atomic E-state index is 0.468. The van der Waals surface area contributed by atoms with E-state index in [-0.39, 0.29) is 0 Å². The van der Waals surface area contributed by atoms with Crippen molar-refractivity contribution in [3.63, 3.8) is 0 Å². The second-order valence-electron chi connectivity index (χ2n) is 2.09. The van der Waals surface area contributed by atoms with E-state index < -0.39 is 0 Å². The molecule has 0 fully saturated rings. The molecular formula is C6H9BrN4. The molecule has 0 radical (unpaired) electrons. The van der Waals surface area contributed by atoms with Crippen molar-refractivity contribution in [3.8, 4) is 0 Å². The summed E-state index contributed by atoms with van der Waals surface area (Å²) in [5.41, 5.74) is 11.7. The molecule has 1 heterocycles. The summed E-state index contributed by atoms with van der Waals surface area (Å²) in [6, 6.07) is 1.72. The molecule has 0 aromatic carbocycles. The van der Waals surface area contributed by atoms with Crippen molar-refractivity contribution in [3.05, 3.63) is 16.5 Å². The summed E-state index contributed by atoms with van der Waals surface area (Å²) in [4.78, 5) is 7.93. The van der Waals surface area contributed by atoms with Gasteiger partial charge in [0.2, 0.25) is 0 Å². The van der Waals surface area contributed by atoms with Crippen molar-refractivity contribution in [2.45, 2.75) is 6.42 Å². The molecule has 0 atom stereocenters. The number of hydrogen-bond acceptors (Lipinski definition) is 4. The molecule has 1 aromatic heterocycles. The molecule has 0 saturated heterocycles. The molecule has 0 aliphatic heterocycles. The van der Waals surface area contributed by atoms with Gasteiger partial charge in [0.1, 0.15) is 5.82 Å². The summed E-state index contributed by atoms with van der Waals surface area (Å²) in [6.45, 7) is 0.572. The smallest absolute Gasteiger partial charge is 0.198 e. The Labute approximate surface area is 73.1 Å². The van der Waals surface area contributed by atoms with Gasteiger partial charge in [0.15, 0.2) is 4.73 Å². The lowest BCUT2D eigenvalue weighted by Gasteiger charge is -1.99. The van der Waals surface area contributed by atoms with E-state index in [1.165, 1.54) is 0 Å². The number of nitrogens with two attached hydrogens (primary N) is 2. The number of halogens is 1. The summed E-state index contributed by atoms with van der Waals surface area (Å²) >= 11 is 3.14. The minimum atomic E-state index is 0.468. The van der Waals surface area contributed by atoms with Gasteiger partial charge >= 0.3 is 0 Å². The van der Waals surface area contributed by atoms with E-state index in [9.17, 15) is 0 Å². The Morgan fingerprint density at radius 3 is 2.73 bits per heavy atom. The van der Waals surface area contributed by atoms with Gasteiger partial charge in [-0.25, -0.2) is 9.97 Å². The summed E-state index contributed by atoms with van der Waals surface area (Å²) in [5.74, 6) is 0.468. The van der Waals surface area contributed by atoms with E-state index >= 15 is 0 Å². The topological polar surface area (TPSA) is 77.8 Å². The van der Waals surface area contributed by atoms with Crippen LogP contribution < -0.4 is 11.5 Å². The van der Waals surface area contributed by atoms with E-state index in [4.69, 9.17) is 11.5 Å². The summed E-state index contributed by atoms with van der Waals surface area (Å²) in [5, 5.41) is 0. The van der Waals surface area contributed by atoms with Crippen LogP contribution in [0.1, 0.15) is 5.69 Å². The van der Waals surface area contributed by atoms with E-state index in [1.54, 1.807) is 6.07 Å². The molecule has 4 nitrogen and oxygen atoms in total. The standard InChI is InChI=1S/C6H9BrN4/c7-6-10-4(1-2-8)3-5(9)11-6/h3H,1-2,8H2,(H2,9,10,11). The van der Waals surface area contributed by atoms with Crippen LogP contribution in [-0.4, -0.2) is 16.5 Å². The van der Waals surface area contributed by atoms with Crippen LogP contribution in [0.4, 0.5) is 5.82 Å². The molecule has 11 heavy (non-hydrogen) atoms. The van der Waals surface area contributed by atoms with Crippen LogP contribution in [0.15, 0.2) is 10.8 Å². The fraction of sp³-hybridized carbons (Fsp3) is 0.333. The maximum Gasteiger partial charge on any atom is 0.198 e. The van der Waals surface area contributed by atoms with E-state index in [0.29, 0.717) is 17.1 Å². The first kappa shape index (κ1) is 8.42. The van der Waals surface area contributed by atoms with Crippen molar-refractivity contribution >= 4 is 21.7 Å². The Morgan fingerprint density at radius 1 is 1.45 bits per heavy atom. The van der Waals surface area contributed by atoms with Gasteiger partial charge in [-0.1, -0.05) is 0 Å². The third-order valence-electron chi connectivity index (χ3n) is 1.17. The highest BCUT2D eigenvalue weighted by atomic mass is 79.9. The fourth-order valence-electron chi connectivity index (χ4n) is 0.761. The Morgan fingerprint density at radius 2 is 2.18 bits per heavy atom. The first-order valence-electron chi connectivity index (χ1n) is 3.21. The highest BCUT2D eigenvalue weighted by Crippen LogP contribution is 2.07. The van der Waals surface area contributed by atoms with Crippen molar-refractivity contribution in [1.29, 1.82) is 0 Å². The average molecular weight is 217 g/mol. The summed E-state index contributed by atoms with van der Waals surface area (Å²) in [7, 11) is 0. The van der Waals surface area contributed by atoms with Crippen LogP contribution >= 0.6 is 15.9 Å². The number of rotatable bonds is 2. The Hall–Kier alpha value is -0.680. The van der Waals surface area contributed by atoms with E-state index in [0.717, 1.165) is 12.1 Å². The maximum atomic E-state index is 5.47. The van der Waals surface area contributed by atoms with E-state index in [2.05, 4.69) is 25.9 Å². The van der Waals surface area contributed by atoms with Crippen LogP contribution in [0.5, 0.6) is 0 Å². The van der Waals surface area contributed by atoms with E-state index in [1.807, 2.05) is 0 Å². The van der Waals surface area contributed by atoms with Gasteiger partial charge < -0.3 is 11.5 Å². The van der Waals surface area contributed by atoms with Gasteiger partial charge in [-0.15, -0.1) is 0 Å². The second-order valence-corrected chi connectivity index (χ2v) is 2.80. The maximum absolute atomic E-state index is 5.47. The number of anilines is 1. The quantitative estimate of drug-likeness (QED) is 0.699. The van der Waals surface area contributed by atoms with Gasteiger partial charge in [-0.05, 0) is 22.5 Å². The summed E-state index contributed by atoms with van der Waals surface area (Å²) < 4.78 is 0.515.